The minimum atomic E-state index is 0.0547. The predicted molar refractivity (Wildman–Crippen MR) is 160 cm³/mol. The summed E-state index contributed by atoms with van der Waals surface area (Å²) in [4.78, 5) is 22.4. The average Bonchev–Trinajstić information content (AvgIpc) is 3.69. The van der Waals surface area contributed by atoms with Crippen molar-refractivity contribution in [2.45, 2.75) is 57.4 Å². The first-order valence-corrected chi connectivity index (χ1v) is 14.6. The van der Waals surface area contributed by atoms with Crippen LogP contribution in [0.2, 0.25) is 0 Å². The Balaban J connectivity index is 1.12. The molecule has 0 saturated heterocycles. The molecule has 1 saturated carbocycles. The lowest BCUT2D eigenvalue weighted by Crippen LogP contribution is -2.40. The van der Waals surface area contributed by atoms with E-state index < -0.39 is 0 Å². The molecule has 0 bridgehead atoms. The van der Waals surface area contributed by atoms with E-state index in [4.69, 9.17) is 9.26 Å². The van der Waals surface area contributed by atoms with Crippen molar-refractivity contribution in [2.75, 3.05) is 32.1 Å². The van der Waals surface area contributed by atoms with Gasteiger partial charge in [0.1, 0.15) is 5.75 Å². The van der Waals surface area contributed by atoms with Crippen LogP contribution in [0.15, 0.2) is 59.1 Å². The standard InChI is InChI=1S/C34H36N4O3/c1-21-17-26(32-35-22(2)41-36-32)9-10-28(21)23-5-7-24(8-6-23)33(39)38-16-13-25-18-31-29(19-30(25)38)34(20-40-31)14-11-27(12-15-34)37(3)4/h5-10,17-19,27H,11-16,20H2,1-4H3. The van der Waals surface area contributed by atoms with Gasteiger partial charge in [-0.25, -0.2) is 0 Å². The average molecular weight is 549 g/mol. The lowest BCUT2D eigenvalue weighted by atomic mass is 9.69. The van der Waals surface area contributed by atoms with Gasteiger partial charge in [0.2, 0.25) is 11.7 Å². The maximum atomic E-state index is 13.8. The number of hydrogen-bond donors (Lipinski definition) is 0. The van der Waals surface area contributed by atoms with Gasteiger partial charge in [-0.2, -0.15) is 4.98 Å². The normalized spacial score (nSPS) is 21.3. The number of benzene rings is 3. The second-order valence-electron chi connectivity index (χ2n) is 12.2. The summed E-state index contributed by atoms with van der Waals surface area (Å²) in [5.74, 6) is 2.22. The molecule has 7 nitrogen and oxygen atoms in total. The largest absolute Gasteiger partial charge is 0.492 e. The molecule has 7 rings (SSSR count). The van der Waals surface area contributed by atoms with Crippen LogP contribution in [-0.4, -0.2) is 54.2 Å². The van der Waals surface area contributed by atoms with Gasteiger partial charge in [0.25, 0.3) is 5.91 Å². The molecule has 1 aromatic heterocycles. The fraction of sp³-hybridized carbons (Fsp3) is 0.382. The van der Waals surface area contributed by atoms with Crippen LogP contribution >= 0.6 is 0 Å². The van der Waals surface area contributed by atoms with Gasteiger partial charge in [-0.15, -0.1) is 0 Å². The molecule has 210 valence electrons. The van der Waals surface area contributed by atoms with Crippen LogP contribution in [0.4, 0.5) is 5.69 Å². The number of hydrogen-bond acceptors (Lipinski definition) is 6. The second-order valence-corrected chi connectivity index (χ2v) is 12.2. The number of ether oxygens (including phenoxy) is 1. The van der Waals surface area contributed by atoms with E-state index in [1.54, 1.807) is 6.92 Å². The van der Waals surface area contributed by atoms with E-state index in [2.05, 4.69) is 60.3 Å². The summed E-state index contributed by atoms with van der Waals surface area (Å²) in [5, 5.41) is 4.03. The summed E-state index contributed by atoms with van der Waals surface area (Å²) in [7, 11) is 4.36. The number of rotatable bonds is 4. The molecule has 3 aliphatic rings. The molecule has 1 fully saturated rings. The zero-order chi connectivity index (χ0) is 28.3. The molecule has 41 heavy (non-hydrogen) atoms. The highest BCUT2D eigenvalue weighted by atomic mass is 16.5. The van der Waals surface area contributed by atoms with Gasteiger partial charge in [-0.05, 0) is 106 Å². The van der Waals surface area contributed by atoms with E-state index >= 15 is 0 Å². The highest BCUT2D eigenvalue weighted by Crippen LogP contribution is 2.51. The van der Waals surface area contributed by atoms with Crippen LogP contribution in [0, 0.1) is 13.8 Å². The van der Waals surface area contributed by atoms with Crippen molar-refractivity contribution in [3.63, 3.8) is 0 Å². The zero-order valence-corrected chi connectivity index (χ0v) is 24.2. The van der Waals surface area contributed by atoms with Gasteiger partial charge in [0, 0.05) is 47.3 Å². The summed E-state index contributed by atoms with van der Waals surface area (Å²) in [5.41, 5.74) is 8.57. The Hall–Kier alpha value is -3.97. The Labute approximate surface area is 241 Å². The van der Waals surface area contributed by atoms with E-state index in [0.717, 1.165) is 59.6 Å². The lowest BCUT2D eigenvalue weighted by molar-refractivity contribution is 0.0989. The van der Waals surface area contributed by atoms with Crippen molar-refractivity contribution >= 4 is 11.6 Å². The maximum absolute atomic E-state index is 13.8. The Morgan fingerprint density at radius 2 is 1.76 bits per heavy atom. The van der Waals surface area contributed by atoms with E-state index in [1.807, 2.05) is 35.2 Å². The molecule has 7 heteroatoms. The number of amides is 1. The van der Waals surface area contributed by atoms with Crippen molar-refractivity contribution in [1.82, 2.24) is 15.0 Å². The molecule has 0 N–H and O–H groups in total. The summed E-state index contributed by atoms with van der Waals surface area (Å²) >= 11 is 0. The number of aryl methyl sites for hydroxylation is 2. The third-order valence-electron chi connectivity index (χ3n) is 9.49. The van der Waals surface area contributed by atoms with Gasteiger partial charge >= 0.3 is 0 Å². The molecule has 0 unspecified atom stereocenters. The van der Waals surface area contributed by atoms with Crippen LogP contribution in [0.3, 0.4) is 0 Å². The predicted octanol–water partition coefficient (Wildman–Crippen LogP) is 6.36. The Morgan fingerprint density at radius 1 is 1.00 bits per heavy atom. The number of aromatic nitrogens is 2. The molecular weight excluding hydrogens is 512 g/mol. The van der Waals surface area contributed by atoms with Crippen LogP contribution in [-0.2, 0) is 11.8 Å². The van der Waals surface area contributed by atoms with Crippen molar-refractivity contribution in [3.8, 4) is 28.3 Å². The van der Waals surface area contributed by atoms with Crippen LogP contribution in [0.25, 0.3) is 22.5 Å². The molecule has 0 atom stereocenters. The second kappa shape index (κ2) is 9.84. The highest BCUT2D eigenvalue weighted by molar-refractivity contribution is 6.07. The number of carbonyl (C=O) groups is 1. The SMILES string of the molecule is Cc1nc(-c2ccc(-c3ccc(C(=O)N4CCc5cc6c(cc54)C4(CCC(N(C)C)CC4)CO6)cc3)c(C)c2)no1. The fourth-order valence-corrected chi connectivity index (χ4v) is 7.03. The van der Waals surface area contributed by atoms with Gasteiger partial charge in [0.05, 0.1) is 6.61 Å². The molecule has 1 amide bonds. The van der Waals surface area contributed by atoms with E-state index in [9.17, 15) is 4.79 Å². The minimum Gasteiger partial charge on any atom is -0.492 e. The number of carbonyl (C=O) groups excluding carboxylic acids is 1. The Kier molecular flexibility index (Phi) is 6.23. The first-order chi connectivity index (χ1) is 19.8. The third-order valence-corrected chi connectivity index (χ3v) is 9.49. The van der Waals surface area contributed by atoms with Crippen molar-refractivity contribution < 1.29 is 14.1 Å². The first kappa shape index (κ1) is 26.0. The van der Waals surface area contributed by atoms with E-state index in [-0.39, 0.29) is 11.3 Å². The van der Waals surface area contributed by atoms with Crippen LogP contribution < -0.4 is 9.64 Å². The monoisotopic (exact) mass is 548 g/mol. The fourth-order valence-electron chi connectivity index (χ4n) is 7.03. The minimum absolute atomic E-state index is 0.0547. The topological polar surface area (TPSA) is 71.7 Å². The molecule has 3 aromatic carbocycles. The number of nitrogens with zero attached hydrogens (tertiary/aromatic N) is 4. The number of fused-ring (bicyclic) bond motifs is 3. The van der Waals surface area contributed by atoms with Crippen molar-refractivity contribution in [1.29, 1.82) is 0 Å². The molecule has 0 radical (unpaired) electrons. The van der Waals surface area contributed by atoms with Crippen LogP contribution in [0.5, 0.6) is 5.75 Å². The summed E-state index contributed by atoms with van der Waals surface area (Å²) in [6, 6.07) is 19.3. The maximum Gasteiger partial charge on any atom is 0.258 e. The first-order valence-electron chi connectivity index (χ1n) is 14.6. The molecule has 1 spiro atoms. The van der Waals surface area contributed by atoms with Gasteiger partial charge in [-0.1, -0.05) is 29.4 Å². The molecule has 3 heterocycles. The van der Waals surface area contributed by atoms with E-state index in [0.29, 0.717) is 29.9 Å². The molecule has 1 aliphatic carbocycles. The molecule has 4 aromatic rings. The summed E-state index contributed by atoms with van der Waals surface area (Å²) in [6.45, 7) is 5.32. The summed E-state index contributed by atoms with van der Waals surface area (Å²) < 4.78 is 11.4. The van der Waals surface area contributed by atoms with Gasteiger partial charge in [0.15, 0.2) is 0 Å². The quantitative estimate of drug-likeness (QED) is 0.296. The van der Waals surface area contributed by atoms with Crippen molar-refractivity contribution in [2.24, 2.45) is 0 Å². The van der Waals surface area contributed by atoms with Gasteiger partial charge in [-0.3, -0.25) is 4.79 Å². The Bertz CT molecular complexity index is 1630. The summed E-state index contributed by atoms with van der Waals surface area (Å²) in [6.07, 6.45) is 5.48. The number of anilines is 1. The highest BCUT2D eigenvalue weighted by Gasteiger charge is 2.45. The molecule has 2 aliphatic heterocycles. The van der Waals surface area contributed by atoms with Gasteiger partial charge < -0.3 is 19.1 Å². The zero-order valence-electron chi connectivity index (χ0n) is 24.2. The van der Waals surface area contributed by atoms with E-state index in [1.165, 1.54) is 24.0 Å². The van der Waals surface area contributed by atoms with Crippen molar-refractivity contribution in [3.05, 3.63) is 82.7 Å². The lowest BCUT2D eigenvalue weighted by Gasteiger charge is -2.39. The smallest absolute Gasteiger partial charge is 0.258 e. The van der Waals surface area contributed by atoms with Crippen LogP contribution in [0.1, 0.15) is 58.6 Å². The Morgan fingerprint density at radius 3 is 2.44 bits per heavy atom. The third kappa shape index (κ3) is 4.43. The molecular formula is C34H36N4O3.